The lowest BCUT2D eigenvalue weighted by Crippen LogP contribution is -2.34. The maximum absolute atomic E-state index is 13.5. The summed E-state index contributed by atoms with van der Waals surface area (Å²) in [7, 11) is 0. The number of nitriles is 2. The third-order valence-electron chi connectivity index (χ3n) is 12.1. The lowest BCUT2D eigenvalue weighted by molar-refractivity contribution is 0.326. The lowest BCUT2D eigenvalue weighted by atomic mass is 9.61. The van der Waals surface area contributed by atoms with Crippen LogP contribution >= 0.6 is 56.7 Å². The van der Waals surface area contributed by atoms with E-state index in [9.17, 15) is 20.1 Å². The molecule has 0 amide bonds. The van der Waals surface area contributed by atoms with Crippen LogP contribution in [-0.2, 0) is 23.9 Å². The average Bonchev–Trinajstić information content (AvgIpc) is 4.06. The van der Waals surface area contributed by atoms with E-state index >= 15 is 0 Å². The minimum absolute atomic E-state index is 0.0496. The van der Waals surface area contributed by atoms with Gasteiger partial charge in [0, 0.05) is 53.2 Å². The predicted molar refractivity (Wildman–Crippen MR) is 224 cm³/mol. The number of hydrogen-bond acceptors (Lipinski definition) is 9. The Labute approximate surface area is 337 Å². The van der Waals surface area contributed by atoms with Gasteiger partial charge in [0.1, 0.15) is 9.33 Å². The zero-order chi connectivity index (χ0) is 38.2. The Balaban J connectivity index is 1.24. The summed E-state index contributed by atoms with van der Waals surface area (Å²) in [6.45, 7) is 19.5. The Morgan fingerprint density at radius 2 is 1.07 bits per heavy atom. The van der Waals surface area contributed by atoms with Crippen LogP contribution in [0.4, 0.5) is 0 Å². The van der Waals surface area contributed by atoms with E-state index in [1.165, 1.54) is 91.8 Å². The van der Waals surface area contributed by atoms with Crippen molar-refractivity contribution in [2.24, 2.45) is 0 Å². The van der Waals surface area contributed by atoms with Gasteiger partial charge in [-0.1, -0.05) is 38.5 Å². The molecular formula is C42H34N6O2S5. The van der Waals surface area contributed by atoms with Crippen LogP contribution in [0, 0.1) is 35.8 Å². The van der Waals surface area contributed by atoms with Crippen molar-refractivity contribution in [3.8, 4) is 31.6 Å². The minimum atomic E-state index is -0.157. The van der Waals surface area contributed by atoms with Gasteiger partial charge in [-0.2, -0.15) is 0 Å². The molecule has 0 atom stereocenters. The Bertz CT molecular complexity index is 2790. The van der Waals surface area contributed by atoms with Gasteiger partial charge < -0.3 is 9.13 Å². The lowest BCUT2D eigenvalue weighted by Gasteiger charge is -2.41. The topological polar surface area (TPSA) is 100 Å². The number of aromatic nitrogens is 2. The van der Waals surface area contributed by atoms with Crippen LogP contribution in [0.3, 0.4) is 0 Å². The molecule has 0 aromatic carbocycles. The summed E-state index contributed by atoms with van der Waals surface area (Å²) in [6.07, 6.45) is 15.6. The number of rotatable bonds is 4. The van der Waals surface area contributed by atoms with E-state index in [0.29, 0.717) is 31.5 Å². The molecule has 0 radical (unpaired) electrons. The van der Waals surface area contributed by atoms with E-state index in [1.807, 2.05) is 49.5 Å². The van der Waals surface area contributed by atoms with Gasteiger partial charge in [0.2, 0.25) is 0 Å². The molecule has 0 bridgehead atoms. The molecule has 9 rings (SSSR count). The predicted octanol–water partition coefficient (Wildman–Crippen LogP) is 7.58. The Morgan fingerprint density at radius 1 is 0.673 bits per heavy atom. The molecule has 0 saturated heterocycles. The first kappa shape index (κ1) is 36.1. The highest BCUT2D eigenvalue weighted by Crippen LogP contribution is 2.70. The molecular weight excluding hydrogens is 781 g/mol. The standard InChI is InChI=1S/C42H34N6O2S5/c1-5-47-37(49)29(53-39(47)27(21-43)45-3)19-23-17-25-33(51-23)35-31(41(25)13-9-7-10-14-41)32-36(55-35)34-26(42(32)15-11-8-12-16-42)18-24(52-34)20-30-38(50)48(6-2)40(54-30)28(22-44)46-4/h17-20H,5-16H2,1-2H3/b29-19-,30-20-,39-27-,40-28+. The normalized spacial score (nSPS) is 18.9. The van der Waals surface area contributed by atoms with Crippen molar-refractivity contribution in [2.75, 3.05) is 0 Å². The molecule has 5 heterocycles. The van der Waals surface area contributed by atoms with Crippen molar-refractivity contribution < 1.29 is 0 Å². The summed E-state index contributed by atoms with van der Waals surface area (Å²) in [4.78, 5) is 41.3. The molecule has 4 aliphatic rings. The van der Waals surface area contributed by atoms with Crippen molar-refractivity contribution in [3.05, 3.63) is 106 Å². The molecule has 2 saturated carbocycles. The highest BCUT2D eigenvalue weighted by Gasteiger charge is 2.56. The fourth-order valence-corrected chi connectivity index (χ4v) is 16.3. The van der Waals surface area contributed by atoms with Gasteiger partial charge in [0.05, 0.1) is 34.3 Å². The molecule has 55 heavy (non-hydrogen) atoms. The van der Waals surface area contributed by atoms with Gasteiger partial charge in [-0.15, -0.1) is 56.7 Å². The smallest absolute Gasteiger partial charge is 0.294 e. The minimum Gasteiger partial charge on any atom is -0.307 e. The number of hydrogen-bond donors (Lipinski definition) is 0. The molecule has 274 valence electrons. The van der Waals surface area contributed by atoms with Crippen LogP contribution in [0.15, 0.2) is 21.7 Å². The zero-order valence-corrected chi connectivity index (χ0v) is 34.4. The van der Waals surface area contributed by atoms with Gasteiger partial charge in [-0.05, 0) is 86.1 Å². The summed E-state index contributed by atoms with van der Waals surface area (Å²) in [5.41, 5.74) is 5.43. The fraction of sp³-hybridized carbons (Fsp3) is 0.381. The third kappa shape index (κ3) is 5.11. The van der Waals surface area contributed by atoms with Crippen molar-refractivity contribution in [2.45, 2.75) is 102 Å². The van der Waals surface area contributed by atoms with Crippen molar-refractivity contribution >= 4 is 80.2 Å². The Kier molecular flexibility index (Phi) is 8.89. The maximum Gasteiger partial charge on any atom is 0.294 e. The van der Waals surface area contributed by atoms with Crippen molar-refractivity contribution in [3.63, 3.8) is 0 Å². The summed E-state index contributed by atoms with van der Waals surface area (Å²) in [5, 5.41) is 19.2. The first-order valence-corrected chi connectivity index (χ1v) is 22.8. The van der Waals surface area contributed by atoms with E-state index in [1.54, 1.807) is 42.9 Å². The highest BCUT2D eigenvalue weighted by molar-refractivity contribution is 7.27. The molecule has 5 aromatic heterocycles. The third-order valence-corrected chi connectivity index (χ3v) is 18.0. The van der Waals surface area contributed by atoms with Crippen LogP contribution < -0.4 is 29.5 Å². The van der Waals surface area contributed by atoms with E-state index in [4.69, 9.17) is 13.1 Å². The van der Waals surface area contributed by atoms with Gasteiger partial charge >= 0.3 is 0 Å². The second kappa shape index (κ2) is 13.6. The fourth-order valence-electron chi connectivity index (χ4n) is 9.76. The van der Waals surface area contributed by atoms with Gasteiger partial charge in [0.25, 0.3) is 22.5 Å². The van der Waals surface area contributed by atoms with Crippen LogP contribution in [0.25, 0.3) is 52.7 Å². The van der Waals surface area contributed by atoms with Crippen LogP contribution in [0.1, 0.15) is 110 Å². The number of thiazole rings is 2. The van der Waals surface area contributed by atoms with Gasteiger partial charge in [-0.3, -0.25) is 9.59 Å². The molecule has 0 aliphatic heterocycles. The summed E-state index contributed by atoms with van der Waals surface area (Å²) >= 11 is 7.94. The van der Waals surface area contributed by atoms with Gasteiger partial charge in [-0.25, -0.2) is 20.2 Å². The first-order chi connectivity index (χ1) is 26.8. The molecule has 0 unspecified atom stereocenters. The second-order valence-corrected chi connectivity index (χ2v) is 19.9. The molecule has 8 nitrogen and oxygen atoms in total. The number of thiophene rings is 3. The van der Waals surface area contributed by atoms with Crippen LogP contribution in [0.2, 0.25) is 0 Å². The Morgan fingerprint density at radius 3 is 1.42 bits per heavy atom. The quantitative estimate of drug-likeness (QED) is 0.175. The summed E-state index contributed by atoms with van der Waals surface area (Å²) in [6, 6.07) is 8.64. The van der Waals surface area contributed by atoms with E-state index in [0.717, 1.165) is 35.4 Å². The molecule has 5 aromatic rings. The molecule has 2 fully saturated rings. The SMILES string of the molecule is [C-]#[N+]/C(C#N)=c1\s/c(=C\c2cc3c(s2)-c2sc4c(c2C32CCCCC2)C2(CCCCC2)c2cc(/C=c3\s/c(=C(\C#N)[N+]#[C-])n(CC)c3=O)sc2-4)c(=O)n1CC. The van der Waals surface area contributed by atoms with E-state index in [-0.39, 0.29) is 33.3 Å². The first-order valence-electron chi connectivity index (χ1n) is 18.7. The molecule has 0 N–H and O–H groups in total. The molecule has 2 spiro atoms. The summed E-state index contributed by atoms with van der Waals surface area (Å²) < 4.78 is 5.02. The van der Waals surface area contributed by atoms with Gasteiger partial charge in [0.15, 0.2) is 0 Å². The molecule has 4 aliphatic carbocycles. The molecule has 13 heteroatoms. The maximum atomic E-state index is 13.5. The Hall–Kier alpha value is -4.60. The monoisotopic (exact) mass is 814 g/mol. The van der Waals surface area contributed by atoms with E-state index in [2.05, 4.69) is 21.8 Å². The highest BCUT2D eigenvalue weighted by atomic mass is 32.1. The van der Waals surface area contributed by atoms with Crippen molar-refractivity contribution in [1.82, 2.24) is 9.13 Å². The zero-order valence-electron chi connectivity index (χ0n) is 30.3. The largest absolute Gasteiger partial charge is 0.307 e. The van der Waals surface area contributed by atoms with Crippen LogP contribution in [0.5, 0.6) is 0 Å². The van der Waals surface area contributed by atoms with E-state index < -0.39 is 0 Å². The number of nitrogens with zero attached hydrogens (tertiary/aromatic N) is 6. The average molecular weight is 815 g/mol. The van der Waals surface area contributed by atoms with Crippen LogP contribution in [-0.4, -0.2) is 9.13 Å². The number of fused-ring (bicyclic) bond motifs is 11. The summed E-state index contributed by atoms with van der Waals surface area (Å²) in [5.74, 6) is 0. The second-order valence-electron chi connectivity index (χ2n) is 14.7. The van der Waals surface area contributed by atoms with Crippen molar-refractivity contribution in [1.29, 1.82) is 10.5 Å².